The van der Waals surface area contributed by atoms with Crippen molar-refractivity contribution in [3.63, 3.8) is 0 Å². The normalized spacial score (nSPS) is 19.5. The summed E-state index contributed by atoms with van der Waals surface area (Å²) in [6.45, 7) is 2.10. The van der Waals surface area contributed by atoms with Crippen LogP contribution >= 0.6 is 39.1 Å². The first kappa shape index (κ1) is 24.0. The summed E-state index contributed by atoms with van der Waals surface area (Å²) in [5.41, 5.74) is 0.372. The topological polar surface area (TPSA) is 49.4 Å². The van der Waals surface area contributed by atoms with Gasteiger partial charge in [0.1, 0.15) is 17.7 Å². The molecular weight excluding hydrogens is 506 g/mol. The van der Waals surface area contributed by atoms with Crippen LogP contribution in [0.4, 0.5) is 10.1 Å². The second kappa shape index (κ2) is 10.8. The molecule has 31 heavy (non-hydrogen) atoms. The lowest BCUT2D eigenvalue weighted by molar-refractivity contribution is -0.126. The molecule has 0 bridgehead atoms. The van der Waals surface area contributed by atoms with Gasteiger partial charge in [-0.25, -0.2) is 4.39 Å². The molecular formula is C23H24BrCl2FN2O2. The molecule has 166 valence electrons. The first-order valence-electron chi connectivity index (χ1n) is 10.2. The molecule has 0 aliphatic heterocycles. The van der Waals surface area contributed by atoms with Crippen molar-refractivity contribution < 1.29 is 14.0 Å². The van der Waals surface area contributed by atoms with Gasteiger partial charge in [-0.3, -0.25) is 14.5 Å². The van der Waals surface area contributed by atoms with Gasteiger partial charge in [0.25, 0.3) is 0 Å². The number of halogens is 4. The standard InChI is InChI=1S/C23H24BrCl2FN2O2/c1-14-6-2-5-9-19(14)28-23(31)22(16-7-3-4-8-17(16)26)29(21(30)13-25)20-11-10-15(24)12-18(20)27/h3-4,7-8,10-12,14,19,22H,2,5-6,9,13H2,1H3,(H,28,31)/t14-,19+,22-/m1/s1. The minimum absolute atomic E-state index is 0.0195. The molecule has 0 spiro atoms. The van der Waals surface area contributed by atoms with E-state index >= 15 is 0 Å². The summed E-state index contributed by atoms with van der Waals surface area (Å²) >= 11 is 15.5. The number of hydrogen-bond donors (Lipinski definition) is 1. The molecule has 2 aromatic carbocycles. The molecule has 0 unspecified atom stereocenters. The molecule has 1 fully saturated rings. The van der Waals surface area contributed by atoms with E-state index < -0.39 is 29.6 Å². The summed E-state index contributed by atoms with van der Waals surface area (Å²) in [7, 11) is 0. The zero-order chi connectivity index (χ0) is 22.5. The predicted octanol–water partition coefficient (Wildman–Crippen LogP) is 6.25. The van der Waals surface area contributed by atoms with Crippen molar-refractivity contribution in [3.8, 4) is 0 Å². The van der Waals surface area contributed by atoms with E-state index in [4.69, 9.17) is 23.2 Å². The van der Waals surface area contributed by atoms with Crippen LogP contribution in [0.25, 0.3) is 0 Å². The van der Waals surface area contributed by atoms with Crippen LogP contribution in [0.3, 0.4) is 0 Å². The Kier molecular flexibility index (Phi) is 8.36. The monoisotopic (exact) mass is 528 g/mol. The van der Waals surface area contributed by atoms with E-state index in [0.29, 0.717) is 21.0 Å². The van der Waals surface area contributed by atoms with Gasteiger partial charge in [-0.1, -0.05) is 65.5 Å². The van der Waals surface area contributed by atoms with E-state index in [1.807, 2.05) is 0 Å². The molecule has 2 amide bonds. The number of hydrogen-bond acceptors (Lipinski definition) is 2. The molecule has 3 rings (SSSR count). The van der Waals surface area contributed by atoms with E-state index in [9.17, 15) is 14.0 Å². The Morgan fingerprint density at radius 1 is 1.23 bits per heavy atom. The van der Waals surface area contributed by atoms with Gasteiger partial charge < -0.3 is 5.32 Å². The van der Waals surface area contributed by atoms with Gasteiger partial charge in [-0.15, -0.1) is 11.6 Å². The number of rotatable bonds is 6. The van der Waals surface area contributed by atoms with Crippen LogP contribution in [0, 0.1) is 11.7 Å². The SMILES string of the molecule is C[C@@H]1CCCC[C@@H]1NC(=O)[C@@H](c1ccccc1Cl)N(C(=O)CCl)c1ccc(Br)cc1F. The van der Waals surface area contributed by atoms with Crippen molar-refractivity contribution in [1.29, 1.82) is 0 Å². The lowest BCUT2D eigenvalue weighted by Crippen LogP contribution is -2.49. The van der Waals surface area contributed by atoms with Gasteiger partial charge in [0, 0.05) is 21.1 Å². The average molecular weight is 530 g/mol. The van der Waals surface area contributed by atoms with Gasteiger partial charge in [-0.05, 0) is 43.0 Å². The molecule has 0 saturated heterocycles. The fourth-order valence-electron chi connectivity index (χ4n) is 4.05. The van der Waals surface area contributed by atoms with Gasteiger partial charge in [0.15, 0.2) is 0 Å². The fraction of sp³-hybridized carbons (Fsp3) is 0.391. The third-order valence-electron chi connectivity index (χ3n) is 5.70. The van der Waals surface area contributed by atoms with Gasteiger partial charge >= 0.3 is 0 Å². The van der Waals surface area contributed by atoms with Crippen molar-refractivity contribution in [2.24, 2.45) is 5.92 Å². The maximum absolute atomic E-state index is 14.9. The summed E-state index contributed by atoms with van der Waals surface area (Å²) in [5.74, 6) is -1.76. The van der Waals surface area contributed by atoms with Crippen LogP contribution in [0.5, 0.6) is 0 Å². The second-order valence-corrected chi connectivity index (χ2v) is 9.38. The second-order valence-electron chi connectivity index (χ2n) is 7.79. The van der Waals surface area contributed by atoms with E-state index in [-0.39, 0.29) is 11.7 Å². The molecule has 2 aromatic rings. The first-order chi connectivity index (χ1) is 14.8. The highest BCUT2D eigenvalue weighted by atomic mass is 79.9. The highest BCUT2D eigenvalue weighted by Gasteiger charge is 2.36. The Bertz CT molecular complexity index is 959. The number of benzene rings is 2. The van der Waals surface area contributed by atoms with Crippen molar-refractivity contribution in [3.05, 3.63) is 63.3 Å². The molecule has 0 heterocycles. The van der Waals surface area contributed by atoms with Crippen LogP contribution in [0.2, 0.25) is 5.02 Å². The summed E-state index contributed by atoms with van der Waals surface area (Å²) in [4.78, 5) is 27.6. The number of nitrogens with zero attached hydrogens (tertiary/aromatic N) is 1. The number of alkyl halides is 1. The Labute approximate surface area is 200 Å². The Hall–Kier alpha value is -1.63. The minimum Gasteiger partial charge on any atom is -0.351 e. The van der Waals surface area contributed by atoms with E-state index in [1.54, 1.807) is 30.3 Å². The van der Waals surface area contributed by atoms with Crippen molar-refractivity contribution in [2.45, 2.75) is 44.7 Å². The molecule has 4 nitrogen and oxygen atoms in total. The Balaban J connectivity index is 2.09. The minimum atomic E-state index is -1.16. The van der Waals surface area contributed by atoms with E-state index in [2.05, 4.69) is 28.2 Å². The largest absolute Gasteiger partial charge is 0.351 e. The van der Waals surface area contributed by atoms with Crippen molar-refractivity contribution in [2.75, 3.05) is 10.8 Å². The van der Waals surface area contributed by atoms with Gasteiger partial charge in [0.05, 0.1) is 5.69 Å². The maximum atomic E-state index is 14.9. The van der Waals surface area contributed by atoms with Gasteiger partial charge in [-0.2, -0.15) is 0 Å². The number of carbonyl (C=O) groups is 2. The van der Waals surface area contributed by atoms with Crippen LogP contribution in [0.15, 0.2) is 46.9 Å². The lowest BCUT2D eigenvalue weighted by atomic mass is 9.85. The number of carbonyl (C=O) groups excluding carboxylic acids is 2. The smallest absolute Gasteiger partial charge is 0.248 e. The molecule has 1 aliphatic rings. The molecule has 1 saturated carbocycles. The lowest BCUT2D eigenvalue weighted by Gasteiger charge is -2.35. The molecule has 1 aliphatic carbocycles. The van der Waals surface area contributed by atoms with Crippen LogP contribution in [-0.4, -0.2) is 23.7 Å². The molecule has 1 N–H and O–H groups in total. The third kappa shape index (κ3) is 5.60. The number of anilines is 1. The first-order valence-corrected chi connectivity index (χ1v) is 11.9. The zero-order valence-electron chi connectivity index (χ0n) is 17.1. The van der Waals surface area contributed by atoms with Crippen LogP contribution in [-0.2, 0) is 9.59 Å². The predicted molar refractivity (Wildman–Crippen MR) is 126 cm³/mol. The van der Waals surface area contributed by atoms with Crippen LogP contribution < -0.4 is 10.2 Å². The highest BCUT2D eigenvalue weighted by Crippen LogP contribution is 2.35. The van der Waals surface area contributed by atoms with Gasteiger partial charge in [0.2, 0.25) is 11.8 Å². The molecule has 8 heteroatoms. The molecule has 0 radical (unpaired) electrons. The van der Waals surface area contributed by atoms with Crippen molar-refractivity contribution in [1.82, 2.24) is 5.32 Å². The summed E-state index contributed by atoms with van der Waals surface area (Å²) in [6.07, 6.45) is 4.03. The zero-order valence-corrected chi connectivity index (χ0v) is 20.2. The Morgan fingerprint density at radius 3 is 2.58 bits per heavy atom. The van der Waals surface area contributed by atoms with E-state index in [0.717, 1.165) is 30.6 Å². The van der Waals surface area contributed by atoms with Crippen molar-refractivity contribution >= 4 is 56.6 Å². The third-order valence-corrected chi connectivity index (χ3v) is 6.76. The van der Waals surface area contributed by atoms with Crippen LogP contribution in [0.1, 0.15) is 44.2 Å². The summed E-state index contributed by atoms with van der Waals surface area (Å²) in [5, 5.41) is 3.40. The maximum Gasteiger partial charge on any atom is 0.248 e. The quantitative estimate of drug-likeness (QED) is 0.449. The Morgan fingerprint density at radius 2 is 1.94 bits per heavy atom. The molecule has 0 aromatic heterocycles. The highest BCUT2D eigenvalue weighted by molar-refractivity contribution is 9.10. The van der Waals surface area contributed by atoms with E-state index in [1.165, 1.54) is 12.1 Å². The number of nitrogens with one attached hydrogen (secondary N) is 1. The fourth-order valence-corrected chi connectivity index (χ4v) is 4.75. The summed E-state index contributed by atoms with van der Waals surface area (Å²) in [6, 6.07) is 9.89. The number of amides is 2. The molecule has 3 atom stereocenters. The summed E-state index contributed by atoms with van der Waals surface area (Å²) < 4.78 is 15.4. The average Bonchev–Trinajstić information content (AvgIpc) is 2.74.